The molecule has 0 heterocycles. The monoisotopic (exact) mass is 268 g/mol. The van der Waals surface area contributed by atoms with Crippen molar-refractivity contribution < 1.29 is 9.90 Å². The maximum atomic E-state index is 11.7. The van der Waals surface area contributed by atoms with E-state index in [9.17, 15) is 4.79 Å². The lowest BCUT2D eigenvalue weighted by Gasteiger charge is -2.18. The highest BCUT2D eigenvalue weighted by Gasteiger charge is 2.26. The molecule has 18 heavy (non-hydrogen) atoms. The first-order chi connectivity index (χ1) is 8.38. The van der Waals surface area contributed by atoms with Gasteiger partial charge in [-0.2, -0.15) is 5.10 Å². The van der Waals surface area contributed by atoms with Crippen molar-refractivity contribution in [1.82, 2.24) is 5.43 Å². The zero-order valence-electron chi connectivity index (χ0n) is 10.7. The maximum Gasteiger partial charge on any atom is 0.248 e. The average molecular weight is 269 g/mol. The largest absolute Gasteiger partial charge is 0.395 e. The summed E-state index contributed by atoms with van der Waals surface area (Å²) in [5.74, 6) is -0.337. The molecule has 5 heteroatoms. The van der Waals surface area contributed by atoms with Crippen LogP contribution in [-0.4, -0.2) is 23.3 Å². The molecule has 0 saturated carbocycles. The highest BCUT2D eigenvalue weighted by molar-refractivity contribution is 6.34. The van der Waals surface area contributed by atoms with Crippen molar-refractivity contribution in [2.45, 2.75) is 20.8 Å². The second-order valence-electron chi connectivity index (χ2n) is 4.66. The first-order valence-corrected chi connectivity index (χ1v) is 5.97. The van der Waals surface area contributed by atoms with Gasteiger partial charge in [0.05, 0.1) is 17.7 Å². The lowest BCUT2D eigenvalue weighted by molar-refractivity contribution is -0.131. The molecule has 0 unspecified atom stereocenters. The summed E-state index contributed by atoms with van der Waals surface area (Å²) >= 11 is 6.02. The van der Waals surface area contributed by atoms with Crippen molar-refractivity contribution in [1.29, 1.82) is 0 Å². The molecular formula is C13H17ClN2O2. The number of halogens is 1. The number of carbonyl (C=O) groups is 1. The van der Waals surface area contributed by atoms with Crippen LogP contribution < -0.4 is 5.43 Å². The first-order valence-electron chi connectivity index (χ1n) is 5.59. The van der Waals surface area contributed by atoms with E-state index in [2.05, 4.69) is 10.5 Å². The number of aliphatic hydroxyl groups is 1. The molecule has 0 fully saturated rings. The number of benzene rings is 1. The molecule has 98 valence electrons. The molecule has 4 nitrogen and oxygen atoms in total. The molecular weight excluding hydrogens is 252 g/mol. The number of nitrogens with zero attached hydrogens (tertiary/aromatic N) is 1. The molecule has 0 radical (unpaired) electrons. The second kappa shape index (κ2) is 5.98. The lowest BCUT2D eigenvalue weighted by atomic mass is 9.94. The van der Waals surface area contributed by atoms with Gasteiger partial charge >= 0.3 is 0 Å². The van der Waals surface area contributed by atoms with E-state index < -0.39 is 5.41 Å². The fourth-order valence-corrected chi connectivity index (χ4v) is 1.45. The van der Waals surface area contributed by atoms with Crippen LogP contribution in [0.3, 0.4) is 0 Å². The molecule has 0 aliphatic carbocycles. The Labute approximate surface area is 112 Å². The second-order valence-corrected chi connectivity index (χ2v) is 5.07. The zero-order chi connectivity index (χ0) is 13.8. The molecule has 0 aliphatic rings. The van der Waals surface area contributed by atoms with Crippen molar-refractivity contribution in [2.75, 3.05) is 6.61 Å². The average Bonchev–Trinajstić information content (AvgIpc) is 2.36. The SMILES string of the molecule is C/C(=N\NC(=O)C(C)(C)CO)c1ccccc1Cl. The molecule has 0 saturated heterocycles. The van der Waals surface area contributed by atoms with Crippen LogP contribution in [-0.2, 0) is 4.79 Å². The smallest absolute Gasteiger partial charge is 0.248 e. The van der Waals surface area contributed by atoms with Gasteiger partial charge in [-0.15, -0.1) is 0 Å². The van der Waals surface area contributed by atoms with Crippen LogP contribution in [0, 0.1) is 5.41 Å². The molecule has 1 aromatic carbocycles. The number of hydrogen-bond donors (Lipinski definition) is 2. The summed E-state index contributed by atoms with van der Waals surface area (Å²) in [6.45, 7) is 4.80. The molecule has 2 N–H and O–H groups in total. The fraction of sp³-hybridized carbons (Fsp3) is 0.385. The van der Waals surface area contributed by atoms with E-state index in [4.69, 9.17) is 16.7 Å². The summed E-state index contributed by atoms with van der Waals surface area (Å²) in [5, 5.41) is 13.6. The number of carbonyl (C=O) groups excluding carboxylic acids is 1. The molecule has 0 aliphatic heterocycles. The van der Waals surface area contributed by atoms with E-state index in [0.29, 0.717) is 10.7 Å². The Kier molecular flexibility index (Phi) is 4.87. The zero-order valence-corrected chi connectivity index (χ0v) is 11.5. The minimum Gasteiger partial charge on any atom is -0.395 e. The van der Waals surface area contributed by atoms with Crippen molar-refractivity contribution in [2.24, 2.45) is 10.5 Å². The minimum absolute atomic E-state index is 0.237. The van der Waals surface area contributed by atoms with Gasteiger partial charge < -0.3 is 5.11 Å². The maximum absolute atomic E-state index is 11.7. The van der Waals surface area contributed by atoms with Gasteiger partial charge in [-0.25, -0.2) is 5.43 Å². The molecule has 0 atom stereocenters. The summed E-state index contributed by atoms with van der Waals surface area (Å²) < 4.78 is 0. The summed E-state index contributed by atoms with van der Waals surface area (Å²) in [5.41, 5.74) is 2.95. The Morgan fingerprint density at radius 3 is 2.61 bits per heavy atom. The minimum atomic E-state index is -0.857. The van der Waals surface area contributed by atoms with Gasteiger partial charge in [-0.05, 0) is 26.8 Å². The number of amides is 1. The number of aliphatic hydroxyl groups excluding tert-OH is 1. The van der Waals surface area contributed by atoms with Crippen molar-refractivity contribution in [3.63, 3.8) is 0 Å². The Morgan fingerprint density at radius 1 is 1.44 bits per heavy atom. The van der Waals surface area contributed by atoms with Crippen LogP contribution in [0.2, 0.25) is 5.02 Å². The van der Waals surface area contributed by atoms with Gasteiger partial charge in [0.15, 0.2) is 0 Å². The van der Waals surface area contributed by atoms with Crippen molar-refractivity contribution in [3.8, 4) is 0 Å². The van der Waals surface area contributed by atoms with Gasteiger partial charge in [0.2, 0.25) is 5.91 Å². The quantitative estimate of drug-likeness (QED) is 0.650. The van der Waals surface area contributed by atoms with Crippen LogP contribution in [0.25, 0.3) is 0 Å². The Hall–Kier alpha value is -1.39. The molecule has 1 rings (SSSR count). The van der Waals surface area contributed by atoms with Gasteiger partial charge in [0, 0.05) is 10.6 Å². The predicted molar refractivity (Wildman–Crippen MR) is 72.7 cm³/mol. The topological polar surface area (TPSA) is 61.7 Å². The van der Waals surface area contributed by atoms with Crippen LogP contribution >= 0.6 is 11.6 Å². The lowest BCUT2D eigenvalue weighted by Crippen LogP contribution is -2.37. The summed E-state index contributed by atoms with van der Waals surface area (Å²) in [6.07, 6.45) is 0. The third-order valence-electron chi connectivity index (χ3n) is 2.60. The number of rotatable bonds is 4. The molecule has 0 aromatic heterocycles. The molecule has 0 spiro atoms. The van der Waals surface area contributed by atoms with E-state index in [0.717, 1.165) is 5.56 Å². The van der Waals surface area contributed by atoms with Crippen molar-refractivity contribution in [3.05, 3.63) is 34.9 Å². The van der Waals surface area contributed by atoms with Crippen LogP contribution in [0.15, 0.2) is 29.4 Å². The molecule has 1 amide bonds. The highest BCUT2D eigenvalue weighted by atomic mass is 35.5. The Morgan fingerprint density at radius 2 is 2.06 bits per heavy atom. The number of hydrazone groups is 1. The van der Waals surface area contributed by atoms with E-state index in [1.54, 1.807) is 26.8 Å². The Bertz CT molecular complexity index is 470. The molecule has 1 aromatic rings. The fourth-order valence-electron chi connectivity index (χ4n) is 1.17. The number of nitrogens with one attached hydrogen (secondary N) is 1. The Balaban J connectivity index is 2.81. The van der Waals surface area contributed by atoms with E-state index in [-0.39, 0.29) is 12.5 Å². The standard InChI is InChI=1S/C13H17ClN2O2/c1-9(10-6-4-5-7-11(10)14)15-16-12(18)13(2,3)8-17/h4-7,17H,8H2,1-3H3,(H,16,18)/b15-9+. The van der Waals surface area contributed by atoms with Crippen LogP contribution in [0.1, 0.15) is 26.3 Å². The van der Waals surface area contributed by atoms with E-state index >= 15 is 0 Å². The first kappa shape index (κ1) is 14.7. The summed E-state index contributed by atoms with van der Waals surface area (Å²) in [7, 11) is 0. The summed E-state index contributed by atoms with van der Waals surface area (Å²) in [4.78, 5) is 11.7. The van der Waals surface area contributed by atoms with Crippen LogP contribution in [0.4, 0.5) is 0 Å². The van der Waals surface area contributed by atoms with Crippen molar-refractivity contribution >= 4 is 23.2 Å². The van der Waals surface area contributed by atoms with Gasteiger partial charge in [0.25, 0.3) is 0 Å². The molecule has 0 bridgehead atoms. The van der Waals surface area contributed by atoms with Crippen LogP contribution in [0.5, 0.6) is 0 Å². The number of hydrogen-bond acceptors (Lipinski definition) is 3. The third-order valence-corrected chi connectivity index (χ3v) is 2.93. The van der Waals surface area contributed by atoms with Gasteiger partial charge in [0.1, 0.15) is 0 Å². The predicted octanol–water partition coefficient (Wildman–Crippen LogP) is 2.20. The summed E-state index contributed by atoms with van der Waals surface area (Å²) in [6, 6.07) is 7.26. The van der Waals surface area contributed by atoms with Gasteiger partial charge in [-0.3, -0.25) is 4.79 Å². The third kappa shape index (κ3) is 3.55. The van der Waals surface area contributed by atoms with E-state index in [1.807, 2.05) is 18.2 Å². The highest BCUT2D eigenvalue weighted by Crippen LogP contribution is 2.16. The van der Waals surface area contributed by atoms with E-state index in [1.165, 1.54) is 0 Å². The normalized spacial score (nSPS) is 12.4. The van der Waals surface area contributed by atoms with Gasteiger partial charge in [-0.1, -0.05) is 29.8 Å².